The second-order valence-electron chi connectivity index (χ2n) is 4.33. The average Bonchev–Trinajstić information content (AvgIpc) is 2.27. The quantitative estimate of drug-likeness (QED) is 0.560. The molecule has 0 fully saturated rings. The maximum absolute atomic E-state index is 12.0. The van der Waals surface area contributed by atoms with Gasteiger partial charge in [0.05, 0.1) is 12.2 Å². The van der Waals surface area contributed by atoms with Crippen molar-refractivity contribution >= 4 is 5.78 Å². The summed E-state index contributed by atoms with van der Waals surface area (Å²) in [5.41, 5.74) is 2.86. The fraction of sp³-hybridized carbons (Fsp3) is 0.357. The molecule has 84 valence electrons. The number of benzene rings is 1. The number of fused-ring (bicyclic) bond motifs is 1. The summed E-state index contributed by atoms with van der Waals surface area (Å²) in [6.45, 7) is 4.56. The highest BCUT2D eigenvalue weighted by molar-refractivity contribution is 6.07. The second kappa shape index (κ2) is 4.52. The van der Waals surface area contributed by atoms with E-state index in [2.05, 4.69) is 0 Å². The van der Waals surface area contributed by atoms with Gasteiger partial charge in [-0.3, -0.25) is 4.79 Å². The SMILES string of the molecule is CC(C)=CC(=O)c1cccc2c1OCCC2. The van der Waals surface area contributed by atoms with E-state index >= 15 is 0 Å². The third-order valence-electron chi connectivity index (χ3n) is 2.62. The minimum absolute atomic E-state index is 0.0405. The van der Waals surface area contributed by atoms with Crippen LogP contribution in [-0.4, -0.2) is 12.4 Å². The van der Waals surface area contributed by atoms with Gasteiger partial charge >= 0.3 is 0 Å². The Hall–Kier alpha value is -1.57. The van der Waals surface area contributed by atoms with Crippen LogP contribution in [0.5, 0.6) is 5.75 Å². The molecule has 2 rings (SSSR count). The molecular formula is C14H16O2. The van der Waals surface area contributed by atoms with Crippen molar-refractivity contribution in [2.24, 2.45) is 0 Å². The predicted octanol–water partition coefficient (Wildman–Crippen LogP) is 3.16. The molecule has 0 aliphatic carbocycles. The first kappa shape index (κ1) is 10.9. The molecule has 1 aromatic carbocycles. The van der Waals surface area contributed by atoms with Crippen molar-refractivity contribution in [1.29, 1.82) is 0 Å². The van der Waals surface area contributed by atoms with Crippen molar-refractivity contribution < 1.29 is 9.53 Å². The van der Waals surface area contributed by atoms with Gasteiger partial charge in [-0.25, -0.2) is 0 Å². The largest absolute Gasteiger partial charge is 0.493 e. The highest BCUT2D eigenvalue weighted by atomic mass is 16.5. The number of carbonyl (C=O) groups excluding carboxylic acids is 1. The van der Waals surface area contributed by atoms with Crippen molar-refractivity contribution in [3.05, 3.63) is 41.0 Å². The van der Waals surface area contributed by atoms with Crippen LogP contribution in [-0.2, 0) is 6.42 Å². The summed E-state index contributed by atoms with van der Waals surface area (Å²) in [6, 6.07) is 5.80. The van der Waals surface area contributed by atoms with Gasteiger partial charge in [-0.1, -0.05) is 17.7 Å². The molecule has 0 aromatic heterocycles. The lowest BCUT2D eigenvalue weighted by Gasteiger charge is -2.19. The number of carbonyl (C=O) groups is 1. The number of rotatable bonds is 2. The number of ketones is 1. The van der Waals surface area contributed by atoms with E-state index in [9.17, 15) is 4.79 Å². The minimum atomic E-state index is 0.0405. The van der Waals surface area contributed by atoms with Crippen LogP contribution in [0.4, 0.5) is 0 Å². The molecule has 1 heterocycles. The Morgan fingerprint density at radius 2 is 2.19 bits per heavy atom. The molecule has 0 N–H and O–H groups in total. The summed E-state index contributed by atoms with van der Waals surface area (Å²) in [5, 5.41) is 0. The molecule has 2 heteroatoms. The Morgan fingerprint density at radius 1 is 1.38 bits per heavy atom. The summed E-state index contributed by atoms with van der Waals surface area (Å²) in [7, 11) is 0. The molecule has 1 aromatic rings. The van der Waals surface area contributed by atoms with Crippen molar-refractivity contribution in [3.8, 4) is 5.75 Å². The zero-order valence-electron chi connectivity index (χ0n) is 9.75. The number of allylic oxidation sites excluding steroid dienone is 2. The lowest BCUT2D eigenvalue weighted by atomic mass is 9.99. The molecule has 1 aliphatic heterocycles. The van der Waals surface area contributed by atoms with Crippen LogP contribution in [0, 0.1) is 0 Å². The fourth-order valence-corrected chi connectivity index (χ4v) is 1.92. The third kappa shape index (κ3) is 2.16. The Kier molecular flexibility index (Phi) is 3.09. The van der Waals surface area contributed by atoms with Crippen molar-refractivity contribution in [3.63, 3.8) is 0 Å². The number of hydrogen-bond acceptors (Lipinski definition) is 2. The molecular weight excluding hydrogens is 200 g/mol. The van der Waals surface area contributed by atoms with E-state index in [-0.39, 0.29) is 5.78 Å². The molecule has 0 bridgehead atoms. The molecule has 0 atom stereocenters. The lowest BCUT2D eigenvalue weighted by molar-refractivity contribution is 0.104. The predicted molar refractivity (Wildman–Crippen MR) is 64.0 cm³/mol. The van der Waals surface area contributed by atoms with Crippen molar-refractivity contribution in [2.45, 2.75) is 26.7 Å². The Morgan fingerprint density at radius 3 is 2.94 bits per heavy atom. The van der Waals surface area contributed by atoms with Crippen molar-refractivity contribution in [2.75, 3.05) is 6.61 Å². The second-order valence-corrected chi connectivity index (χ2v) is 4.33. The zero-order valence-corrected chi connectivity index (χ0v) is 9.75. The lowest BCUT2D eigenvalue weighted by Crippen LogP contribution is -2.12. The molecule has 0 saturated carbocycles. The summed E-state index contributed by atoms with van der Waals surface area (Å²) < 4.78 is 5.61. The maximum atomic E-state index is 12.0. The first-order valence-corrected chi connectivity index (χ1v) is 5.62. The van der Waals surface area contributed by atoms with Crippen LogP contribution in [0.15, 0.2) is 29.8 Å². The van der Waals surface area contributed by atoms with E-state index < -0.39 is 0 Å². The molecule has 2 nitrogen and oxygen atoms in total. The van der Waals surface area contributed by atoms with E-state index in [4.69, 9.17) is 4.74 Å². The van der Waals surface area contributed by atoms with Gasteiger partial charge in [-0.15, -0.1) is 0 Å². The zero-order chi connectivity index (χ0) is 11.5. The van der Waals surface area contributed by atoms with E-state index in [1.165, 1.54) is 0 Å². The van der Waals surface area contributed by atoms with E-state index in [1.54, 1.807) is 6.08 Å². The van der Waals surface area contributed by atoms with Gasteiger partial charge in [0.1, 0.15) is 5.75 Å². The number of hydrogen-bond donors (Lipinski definition) is 0. The Balaban J connectivity index is 2.41. The van der Waals surface area contributed by atoms with Gasteiger partial charge in [-0.2, -0.15) is 0 Å². The molecule has 0 amide bonds. The highest BCUT2D eigenvalue weighted by Gasteiger charge is 2.17. The van der Waals surface area contributed by atoms with Crippen LogP contribution < -0.4 is 4.74 Å². The normalized spacial score (nSPS) is 13.6. The first-order valence-electron chi connectivity index (χ1n) is 5.62. The Labute approximate surface area is 95.9 Å². The maximum Gasteiger partial charge on any atom is 0.189 e. The summed E-state index contributed by atoms with van der Waals surface area (Å²) in [4.78, 5) is 12.0. The summed E-state index contributed by atoms with van der Waals surface area (Å²) in [5.74, 6) is 0.829. The van der Waals surface area contributed by atoms with Gasteiger partial charge in [0.15, 0.2) is 5.78 Å². The first-order chi connectivity index (χ1) is 7.68. The Bertz CT molecular complexity index is 440. The van der Waals surface area contributed by atoms with Gasteiger partial charge in [0.25, 0.3) is 0 Å². The van der Waals surface area contributed by atoms with Crippen LogP contribution in [0.1, 0.15) is 36.2 Å². The van der Waals surface area contributed by atoms with Gasteiger partial charge in [-0.05, 0) is 44.4 Å². The molecule has 0 radical (unpaired) electrons. The van der Waals surface area contributed by atoms with Crippen LogP contribution in [0.3, 0.4) is 0 Å². The van der Waals surface area contributed by atoms with Crippen LogP contribution in [0.2, 0.25) is 0 Å². The topological polar surface area (TPSA) is 26.3 Å². The van der Waals surface area contributed by atoms with Gasteiger partial charge in [0, 0.05) is 0 Å². The smallest absolute Gasteiger partial charge is 0.189 e. The van der Waals surface area contributed by atoms with Gasteiger partial charge < -0.3 is 4.74 Å². The molecule has 0 saturated heterocycles. The number of para-hydroxylation sites is 1. The summed E-state index contributed by atoms with van der Waals surface area (Å²) >= 11 is 0. The monoisotopic (exact) mass is 216 g/mol. The van der Waals surface area contributed by atoms with Crippen molar-refractivity contribution in [1.82, 2.24) is 0 Å². The minimum Gasteiger partial charge on any atom is -0.493 e. The average molecular weight is 216 g/mol. The van der Waals surface area contributed by atoms with E-state index in [0.29, 0.717) is 12.2 Å². The van der Waals surface area contributed by atoms with Crippen LogP contribution >= 0.6 is 0 Å². The van der Waals surface area contributed by atoms with E-state index in [1.807, 2.05) is 32.0 Å². The van der Waals surface area contributed by atoms with E-state index in [0.717, 1.165) is 29.7 Å². The summed E-state index contributed by atoms with van der Waals surface area (Å²) in [6.07, 6.45) is 3.70. The molecule has 0 unspecified atom stereocenters. The third-order valence-corrected chi connectivity index (χ3v) is 2.62. The standard InChI is InChI=1S/C14H16O2/c1-10(2)9-13(15)12-7-3-5-11-6-4-8-16-14(11)12/h3,5,7,9H,4,6,8H2,1-2H3. The van der Waals surface area contributed by atoms with Crippen LogP contribution in [0.25, 0.3) is 0 Å². The fourth-order valence-electron chi connectivity index (χ4n) is 1.92. The molecule has 0 spiro atoms. The molecule has 16 heavy (non-hydrogen) atoms. The number of ether oxygens (including phenoxy) is 1. The molecule has 1 aliphatic rings. The highest BCUT2D eigenvalue weighted by Crippen LogP contribution is 2.29. The number of aryl methyl sites for hydroxylation is 1. The van der Waals surface area contributed by atoms with Gasteiger partial charge in [0.2, 0.25) is 0 Å².